The van der Waals surface area contributed by atoms with Gasteiger partial charge in [-0.15, -0.1) is 0 Å². The van der Waals surface area contributed by atoms with Gasteiger partial charge < -0.3 is 15.7 Å². The van der Waals surface area contributed by atoms with Gasteiger partial charge in [0, 0.05) is 29.9 Å². The molecule has 1 heterocycles. The van der Waals surface area contributed by atoms with Crippen LogP contribution in [0.5, 0.6) is 0 Å². The third-order valence-electron chi connectivity index (χ3n) is 4.37. The lowest BCUT2D eigenvalue weighted by Crippen LogP contribution is -2.32. The van der Waals surface area contributed by atoms with E-state index in [9.17, 15) is 9.90 Å². The highest BCUT2D eigenvalue weighted by Crippen LogP contribution is 2.24. The highest BCUT2D eigenvalue weighted by Gasteiger charge is 2.22. The monoisotopic (exact) mass is 316 g/mol. The molecule has 1 aromatic heterocycles. The first-order valence-corrected chi connectivity index (χ1v) is 8.23. The van der Waals surface area contributed by atoms with Gasteiger partial charge in [-0.3, -0.25) is 4.68 Å². The molecule has 1 aliphatic rings. The van der Waals surface area contributed by atoms with Crippen LogP contribution >= 0.6 is 0 Å². The lowest BCUT2D eigenvalue weighted by atomic mass is 10.1. The molecular weight excluding hydrogens is 292 g/mol. The number of aliphatic hydroxyl groups is 1. The predicted octanol–water partition coefficient (Wildman–Crippen LogP) is 2.90. The lowest BCUT2D eigenvalue weighted by Gasteiger charge is -2.11. The van der Waals surface area contributed by atoms with E-state index in [-0.39, 0.29) is 12.1 Å². The number of rotatable bonds is 4. The number of carbonyl (C=O) groups excluding carboxylic acids is 1. The first-order valence-electron chi connectivity index (χ1n) is 8.23. The van der Waals surface area contributed by atoms with Crippen molar-refractivity contribution in [3.63, 3.8) is 0 Å². The molecule has 0 spiro atoms. The smallest absolute Gasteiger partial charge is 0.319 e. The van der Waals surface area contributed by atoms with Crippen LogP contribution < -0.4 is 10.6 Å². The average Bonchev–Trinajstić information content (AvgIpc) is 3.10. The molecule has 1 aliphatic carbocycles. The van der Waals surface area contributed by atoms with Crippen LogP contribution in [0.3, 0.4) is 0 Å². The van der Waals surface area contributed by atoms with Crippen LogP contribution in [-0.2, 0) is 0 Å². The van der Waals surface area contributed by atoms with Crippen molar-refractivity contribution in [2.45, 2.75) is 45.3 Å². The van der Waals surface area contributed by atoms with Crippen LogP contribution in [0.25, 0.3) is 10.9 Å². The van der Waals surface area contributed by atoms with Gasteiger partial charge in [0.05, 0.1) is 11.6 Å². The van der Waals surface area contributed by atoms with Gasteiger partial charge in [-0.25, -0.2) is 4.79 Å². The van der Waals surface area contributed by atoms with Gasteiger partial charge in [0.2, 0.25) is 0 Å². The maximum Gasteiger partial charge on any atom is 0.319 e. The quantitative estimate of drug-likeness (QED) is 0.811. The topological polar surface area (TPSA) is 79.2 Å². The number of fused-ring (bicyclic) bond motifs is 1. The Bertz CT molecular complexity index is 695. The molecule has 3 rings (SSSR count). The van der Waals surface area contributed by atoms with E-state index >= 15 is 0 Å². The van der Waals surface area contributed by atoms with E-state index < -0.39 is 0 Å². The minimum absolute atomic E-state index is 0.204. The summed E-state index contributed by atoms with van der Waals surface area (Å²) < 4.78 is 1.92. The Hall–Kier alpha value is -2.08. The number of aliphatic hydroxyl groups excluding tert-OH is 1. The van der Waals surface area contributed by atoms with Crippen LogP contribution in [0.2, 0.25) is 0 Å². The van der Waals surface area contributed by atoms with E-state index in [0.29, 0.717) is 18.5 Å². The van der Waals surface area contributed by atoms with Gasteiger partial charge in [-0.1, -0.05) is 0 Å². The summed E-state index contributed by atoms with van der Waals surface area (Å²) in [5.74, 6) is 0.377. The van der Waals surface area contributed by atoms with Gasteiger partial charge in [0.15, 0.2) is 0 Å². The van der Waals surface area contributed by atoms with Gasteiger partial charge in [-0.2, -0.15) is 5.10 Å². The Morgan fingerprint density at radius 2 is 2.26 bits per heavy atom. The highest BCUT2D eigenvalue weighted by atomic mass is 16.3. The van der Waals surface area contributed by atoms with Crippen LogP contribution in [0.4, 0.5) is 10.5 Å². The maximum absolute atomic E-state index is 12.0. The molecular formula is C17H24N4O2. The molecule has 23 heavy (non-hydrogen) atoms. The number of aromatic nitrogens is 2. The van der Waals surface area contributed by atoms with Crippen LogP contribution in [0.1, 0.15) is 39.2 Å². The molecule has 0 saturated heterocycles. The molecule has 0 unspecified atom stereocenters. The van der Waals surface area contributed by atoms with Crippen molar-refractivity contribution in [1.82, 2.24) is 15.1 Å². The molecule has 0 radical (unpaired) electrons. The van der Waals surface area contributed by atoms with Crippen molar-refractivity contribution < 1.29 is 9.90 Å². The van der Waals surface area contributed by atoms with E-state index in [0.717, 1.165) is 35.9 Å². The van der Waals surface area contributed by atoms with Crippen molar-refractivity contribution >= 4 is 22.6 Å². The minimum atomic E-state index is -0.206. The van der Waals surface area contributed by atoms with Crippen LogP contribution in [-0.4, -0.2) is 33.6 Å². The van der Waals surface area contributed by atoms with Crippen molar-refractivity contribution in [1.29, 1.82) is 0 Å². The maximum atomic E-state index is 12.0. The predicted molar refractivity (Wildman–Crippen MR) is 90.5 cm³/mol. The molecule has 2 amide bonds. The zero-order valence-electron chi connectivity index (χ0n) is 13.6. The number of urea groups is 1. The molecule has 6 heteroatoms. The Labute approximate surface area is 135 Å². The van der Waals surface area contributed by atoms with Gasteiger partial charge >= 0.3 is 6.03 Å². The number of hydrogen-bond acceptors (Lipinski definition) is 3. The van der Waals surface area contributed by atoms with Crippen molar-refractivity contribution in [3.8, 4) is 0 Å². The number of hydrogen-bond donors (Lipinski definition) is 3. The van der Waals surface area contributed by atoms with Gasteiger partial charge in [0.1, 0.15) is 0 Å². The molecule has 1 fully saturated rings. The molecule has 2 aromatic rings. The van der Waals surface area contributed by atoms with Crippen molar-refractivity contribution in [2.24, 2.45) is 5.92 Å². The third kappa shape index (κ3) is 3.82. The highest BCUT2D eigenvalue weighted by molar-refractivity contribution is 5.92. The van der Waals surface area contributed by atoms with E-state index in [1.54, 1.807) is 0 Å². The molecule has 0 bridgehead atoms. The number of nitrogens with one attached hydrogen (secondary N) is 2. The fraction of sp³-hybridized carbons (Fsp3) is 0.529. The summed E-state index contributed by atoms with van der Waals surface area (Å²) in [5.41, 5.74) is 1.68. The van der Waals surface area contributed by atoms with Gasteiger partial charge in [-0.05, 0) is 57.2 Å². The summed E-state index contributed by atoms with van der Waals surface area (Å²) in [6, 6.07) is 5.81. The van der Waals surface area contributed by atoms with E-state index in [2.05, 4.69) is 29.6 Å². The first-order chi connectivity index (χ1) is 11.0. The first kappa shape index (κ1) is 15.8. The number of nitrogens with zero attached hydrogens (tertiary/aromatic N) is 2. The number of benzene rings is 1. The molecule has 124 valence electrons. The van der Waals surface area contributed by atoms with E-state index in [1.807, 2.05) is 29.1 Å². The molecule has 2 atom stereocenters. The summed E-state index contributed by atoms with van der Waals surface area (Å²) in [6.07, 6.45) is 4.38. The summed E-state index contributed by atoms with van der Waals surface area (Å²) in [6.45, 7) is 4.77. The number of amides is 2. The zero-order chi connectivity index (χ0) is 16.4. The minimum Gasteiger partial charge on any atom is -0.393 e. The number of anilines is 1. The summed E-state index contributed by atoms with van der Waals surface area (Å²) in [4.78, 5) is 12.0. The Morgan fingerprint density at radius 1 is 1.43 bits per heavy atom. The average molecular weight is 316 g/mol. The largest absolute Gasteiger partial charge is 0.393 e. The normalized spacial score (nSPS) is 21.0. The van der Waals surface area contributed by atoms with E-state index in [1.165, 1.54) is 0 Å². The Morgan fingerprint density at radius 3 is 2.96 bits per heavy atom. The SMILES string of the molecule is CC(C)n1cc2cc(NC(=O)NC[C@@H]3CC[C@@H](O)C3)ccc2n1. The second-order valence-corrected chi connectivity index (χ2v) is 6.64. The van der Waals surface area contributed by atoms with Crippen molar-refractivity contribution in [2.75, 3.05) is 11.9 Å². The summed E-state index contributed by atoms with van der Waals surface area (Å²) in [7, 11) is 0. The zero-order valence-corrected chi connectivity index (χ0v) is 13.6. The summed E-state index contributed by atoms with van der Waals surface area (Å²) >= 11 is 0. The third-order valence-corrected chi connectivity index (χ3v) is 4.37. The Kier molecular flexibility index (Phi) is 4.52. The Balaban J connectivity index is 1.58. The molecule has 1 saturated carbocycles. The second-order valence-electron chi connectivity index (χ2n) is 6.64. The second kappa shape index (κ2) is 6.58. The summed E-state index contributed by atoms with van der Waals surface area (Å²) in [5, 5.41) is 20.7. The lowest BCUT2D eigenvalue weighted by molar-refractivity contribution is 0.177. The molecule has 3 N–H and O–H groups in total. The fourth-order valence-electron chi connectivity index (χ4n) is 3.03. The van der Waals surface area contributed by atoms with Crippen LogP contribution in [0, 0.1) is 5.92 Å². The van der Waals surface area contributed by atoms with Gasteiger partial charge in [0.25, 0.3) is 0 Å². The molecule has 6 nitrogen and oxygen atoms in total. The number of carbonyl (C=O) groups is 1. The molecule has 1 aromatic carbocycles. The van der Waals surface area contributed by atoms with E-state index in [4.69, 9.17) is 0 Å². The van der Waals surface area contributed by atoms with Crippen molar-refractivity contribution in [3.05, 3.63) is 24.4 Å². The fourth-order valence-corrected chi connectivity index (χ4v) is 3.03. The standard InChI is InChI=1S/C17H24N4O2/c1-11(2)21-10-13-8-14(4-6-16(13)20-21)19-17(23)18-9-12-3-5-15(22)7-12/h4,6,8,10-12,15,22H,3,5,7,9H2,1-2H3,(H2,18,19,23)/t12-,15-/m1/s1. The van der Waals surface area contributed by atoms with Crippen LogP contribution in [0.15, 0.2) is 24.4 Å². The molecule has 0 aliphatic heterocycles.